The van der Waals surface area contributed by atoms with Crippen molar-refractivity contribution in [1.82, 2.24) is 14.9 Å². The number of fused-ring (bicyclic) bond motifs is 1. The Labute approximate surface area is 190 Å². The maximum Gasteiger partial charge on any atom is 0.255 e. The van der Waals surface area contributed by atoms with Gasteiger partial charge in [0.15, 0.2) is 5.78 Å². The fourth-order valence-corrected chi connectivity index (χ4v) is 4.48. The molecule has 1 aromatic heterocycles. The molecule has 3 aromatic carbocycles. The van der Waals surface area contributed by atoms with Crippen molar-refractivity contribution in [2.24, 2.45) is 0 Å². The standard InChI is InChI=1S/C27H21N3O3/c31-24(19-12-6-2-7-13-19)22-21(18-10-4-1-5-11-18)23(27(33)30-17-16-28-25(22)30)29-26(32)20-14-8-3-9-15-20/h1-17,21-23H,(H,29,32)/t21-,22+,23+/m1/s1. The molecule has 0 unspecified atom stereocenters. The molecule has 0 saturated heterocycles. The number of aromatic nitrogens is 2. The highest BCUT2D eigenvalue weighted by atomic mass is 16.2. The summed E-state index contributed by atoms with van der Waals surface area (Å²) in [6.45, 7) is 0. The number of amides is 1. The molecule has 162 valence electrons. The molecule has 4 aromatic rings. The van der Waals surface area contributed by atoms with E-state index in [1.165, 1.54) is 10.8 Å². The summed E-state index contributed by atoms with van der Waals surface area (Å²) in [7, 11) is 0. The van der Waals surface area contributed by atoms with Crippen LogP contribution in [0.3, 0.4) is 0 Å². The van der Waals surface area contributed by atoms with E-state index in [9.17, 15) is 14.4 Å². The zero-order valence-corrected chi connectivity index (χ0v) is 17.7. The fourth-order valence-electron chi connectivity index (χ4n) is 4.48. The van der Waals surface area contributed by atoms with E-state index in [4.69, 9.17) is 0 Å². The quantitative estimate of drug-likeness (QED) is 0.479. The monoisotopic (exact) mass is 435 g/mol. The van der Waals surface area contributed by atoms with Crippen molar-refractivity contribution in [2.45, 2.75) is 17.9 Å². The molecule has 1 aliphatic heterocycles. The molecule has 3 atom stereocenters. The van der Waals surface area contributed by atoms with Crippen molar-refractivity contribution in [3.8, 4) is 0 Å². The number of carbonyl (C=O) groups excluding carboxylic acids is 3. The number of Topliss-reactive ketones (excluding diaryl/α,β-unsaturated/α-hetero) is 1. The number of hydrogen-bond donors (Lipinski definition) is 1. The minimum atomic E-state index is -0.945. The van der Waals surface area contributed by atoms with Gasteiger partial charge in [0.25, 0.3) is 11.8 Å². The van der Waals surface area contributed by atoms with E-state index in [-0.39, 0.29) is 17.6 Å². The first-order valence-corrected chi connectivity index (χ1v) is 10.7. The Morgan fingerprint density at radius 3 is 2.00 bits per heavy atom. The van der Waals surface area contributed by atoms with Gasteiger partial charge >= 0.3 is 0 Å². The molecule has 1 amide bonds. The molecule has 0 fully saturated rings. The molecule has 0 aliphatic carbocycles. The van der Waals surface area contributed by atoms with E-state index < -0.39 is 17.9 Å². The van der Waals surface area contributed by atoms with Crippen LogP contribution in [0, 0.1) is 0 Å². The molecule has 0 radical (unpaired) electrons. The van der Waals surface area contributed by atoms with E-state index in [0.717, 1.165) is 5.56 Å². The number of imidazole rings is 1. The molecule has 1 aliphatic rings. The maximum atomic E-state index is 13.8. The molecule has 0 spiro atoms. The van der Waals surface area contributed by atoms with Gasteiger partial charge in [-0.2, -0.15) is 0 Å². The maximum absolute atomic E-state index is 13.8. The number of benzene rings is 3. The van der Waals surface area contributed by atoms with Gasteiger partial charge in [-0.1, -0.05) is 78.9 Å². The van der Waals surface area contributed by atoms with E-state index in [1.54, 1.807) is 54.7 Å². The first kappa shape index (κ1) is 20.6. The SMILES string of the molecule is O=C(N[C@@H]1C(=O)n2ccnc2[C@H](C(=O)c2ccccc2)[C@H]1c1ccccc1)c1ccccc1. The Morgan fingerprint density at radius 2 is 1.36 bits per heavy atom. The lowest BCUT2D eigenvalue weighted by Gasteiger charge is -2.37. The smallest absolute Gasteiger partial charge is 0.255 e. The second kappa shape index (κ2) is 8.67. The summed E-state index contributed by atoms with van der Waals surface area (Å²) in [6, 6.07) is 26.1. The lowest BCUT2D eigenvalue weighted by atomic mass is 9.74. The first-order valence-electron chi connectivity index (χ1n) is 10.7. The molecule has 0 saturated carbocycles. The highest BCUT2D eigenvalue weighted by Gasteiger charge is 2.48. The van der Waals surface area contributed by atoms with Crippen LogP contribution in [0.4, 0.5) is 0 Å². The second-order valence-corrected chi connectivity index (χ2v) is 7.96. The molecular formula is C27H21N3O3. The van der Waals surface area contributed by atoms with Crippen molar-refractivity contribution in [1.29, 1.82) is 0 Å². The van der Waals surface area contributed by atoms with Crippen LogP contribution in [0.15, 0.2) is 103 Å². The van der Waals surface area contributed by atoms with E-state index >= 15 is 0 Å². The van der Waals surface area contributed by atoms with Gasteiger partial charge in [-0.05, 0) is 17.7 Å². The number of nitrogens with zero attached hydrogens (tertiary/aromatic N) is 2. The highest BCUT2D eigenvalue weighted by Crippen LogP contribution is 2.41. The molecular weight excluding hydrogens is 414 g/mol. The van der Waals surface area contributed by atoms with Crippen LogP contribution in [-0.4, -0.2) is 33.2 Å². The Morgan fingerprint density at radius 1 is 0.788 bits per heavy atom. The topological polar surface area (TPSA) is 81.1 Å². The van der Waals surface area contributed by atoms with Crippen LogP contribution >= 0.6 is 0 Å². The zero-order valence-electron chi connectivity index (χ0n) is 17.7. The fraction of sp³-hybridized carbons (Fsp3) is 0.111. The van der Waals surface area contributed by atoms with Gasteiger partial charge in [0.2, 0.25) is 0 Å². The van der Waals surface area contributed by atoms with E-state index in [1.807, 2.05) is 42.5 Å². The Balaban J connectivity index is 1.64. The van der Waals surface area contributed by atoms with Gasteiger partial charge in [0, 0.05) is 29.4 Å². The number of nitrogens with one attached hydrogen (secondary N) is 1. The van der Waals surface area contributed by atoms with Gasteiger partial charge in [-0.25, -0.2) is 4.98 Å². The predicted molar refractivity (Wildman–Crippen MR) is 123 cm³/mol. The first-order chi connectivity index (χ1) is 16.1. The van der Waals surface area contributed by atoms with Gasteiger partial charge in [-0.3, -0.25) is 19.0 Å². The van der Waals surface area contributed by atoms with E-state index in [0.29, 0.717) is 17.0 Å². The largest absolute Gasteiger partial charge is 0.340 e. The Hall–Kier alpha value is -4.32. The van der Waals surface area contributed by atoms with Crippen molar-refractivity contribution >= 4 is 17.6 Å². The summed E-state index contributed by atoms with van der Waals surface area (Å²) in [4.78, 5) is 44.8. The Kier molecular flexibility index (Phi) is 5.40. The third-order valence-corrected chi connectivity index (χ3v) is 6.02. The molecule has 5 rings (SSSR count). The summed E-state index contributed by atoms with van der Waals surface area (Å²) >= 11 is 0. The van der Waals surface area contributed by atoms with Crippen molar-refractivity contribution in [2.75, 3.05) is 0 Å². The third-order valence-electron chi connectivity index (χ3n) is 6.02. The normalized spacial score (nSPS) is 19.5. The molecule has 33 heavy (non-hydrogen) atoms. The van der Waals surface area contributed by atoms with Crippen LogP contribution in [0.5, 0.6) is 0 Å². The van der Waals surface area contributed by atoms with Crippen molar-refractivity contribution < 1.29 is 14.4 Å². The molecule has 6 heteroatoms. The lowest BCUT2D eigenvalue weighted by Crippen LogP contribution is -2.53. The number of carbonyl (C=O) groups is 3. The van der Waals surface area contributed by atoms with Crippen LogP contribution in [0.2, 0.25) is 0 Å². The minimum absolute atomic E-state index is 0.150. The zero-order chi connectivity index (χ0) is 22.8. The van der Waals surface area contributed by atoms with Crippen LogP contribution in [-0.2, 0) is 0 Å². The minimum Gasteiger partial charge on any atom is -0.340 e. The Bertz CT molecular complexity index is 1300. The lowest BCUT2D eigenvalue weighted by molar-refractivity contribution is 0.0723. The number of hydrogen-bond acceptors (Lipinski definition) is 4. The molecule has 2 heterocycles. The second-order valence-electron chi connectivity index (χ2n) is 7.96. The summed E-state index contributed by atoms with van der Waals surface area (Å²) < 4.78 is 1.39. The number of rotatable bonds is 5. The number of ketones is 1. The van der Waals surface area contributed by atoms with Gasteiger partial charge in [-0.15, -0.1) is 0 Å². The van der Waals surface area contributed by atoms with Gasteiger partial charge in [0.1, 0.15) is 11.9 Å². The average molecular weight is 435 g/mol. The van der Waals surface area contributed by atoms with Gasteiger partial charge in [0.05, 0.1) is 5.92 Å². The average Bonchev–Trinajstić information content (AvgIpc) is 3.37. The van der Waals surface area contributed by atoms with Gasteiger partial charge < -0.3 is 5.32 Å². The third kappa shape index (κ3) is 3.76. The molecule has 6 nitrogen and oxygen atoms in total. The van der Waals surface area contributed by atoms with Crippen molar-refractivity contribution in [3.05, 3.63) is 126 Å². The molecule has 0 bridgehead atoms. The van der Waals surface area contributed by atoms with E-state index in [2.05, 4.69) is 10.3 Å². The van der Waals surface area contributed by atoms with Crippen LogP contribution in [0.1, 0.15) is 48.7 Å². The highest BCUT2D eigenvalue weighted by molar-refractivity contribution is 6.05. The summed E-state index contributed by atoms with van der Waals surface area (Å²) in [5, 5.41) is 2.91. The summed E-state index contributed by atoms with van der Waals surface area (Å²) in [5.41, 5.74) is 1.76. The van der Waals surface area contributed by atoms with Crippen LogP contribution < -0.4 is 5.32 Å². The summed E-state index contributed by atoms with van der Waals surface area (Å²) in [5.74, 6) is -1.82. The predicted octanol–water partition coefficient (Wildman–Crippen LogP) is 4.09. The molecule has 1 N–H and O–H groups in total. The van der Waals surface area contributed by atoms with Crippen molar-refractivity contribution in [3.63, 3.8) is 0 Å². The van der Waals surface area contributed by atoms with Crippen LogP contribution in [0.25, 0.3) is 0 Å². The summed E-state index contributed by atoms with van der Waals surface area (Å²) in [6.07, 6.45) is 3.06.